The van der Waals surface area contributed by atoms with Crippen molar-refractivity contribution in [2.45, 2.75) is 102 Å². The Balaban J connectivity index is -0.0000000393. The summed E-state index contributed by atoms with van der Waals surface area (Å²) in [7, 11) is -9.28. The summed E-state index contributed by atoms with van der Waals surface area (Å²) in [5, 5.41) is 68.9. The number of carbonyl (C=O) groups excluding carboxylic acids is 2. The van der Waals surface area contributed by atoms with Crippen molar-refractivity contribution in [1.29, 1.82) is 0 Å². The topological polar surface area (TPSA) is 454 Å². The second-order valence-corrected chi connectivity index (χ2v) is 12.6. The van der Waals surface area contributed by atoms with Crippen molar-refractivity contribution in [1.82, 2.24) is 0 Å². The molecule has 0 aliphatic rings. The molecule has 29 heteroatoms. The molecule has 0 bridgehead atoms. The third kappa shape index (κ3) is 55.9. The van der Waals surface area contributed by atoms with Gasteiger partial charge in [0.05, 0.1) is 19.3 Å². The van der Waals surface area contributed by atoms with Gasteiger partial charge in [0, 0.05) is 0 Å². The molecule has 24 nitrogen and oxygen atoms in total. The van der Waals surface area contributed by atoms with Crippen LogP contribution in [0.5, 0.6) is 0 Å². The molecule has 14 N–H and O–H groups in total. The predicted molar refractivity (Wildman–Crippen MR) is 199 cm³/mol. The van der Waals surface area contributed by atoms with Crippen LogP contribution >= 0.6 is 15.6 Å². The zero-order valence-corrected chi connectivity index (χ0v) is 39.1. The van der Waals surface area contributed by atoms with Crippen molar-refractivity contribution in [2.75, 3.05) is 0 Å². The van der Waals surface area contributed by atoms with Crippen LogP contribution in [0.2, 0.25) is 0 Å². The van der Waals surface area contributed by atoms with Gasteiger partial charge in [-0.2, -0.15) is 0 Å². The average molecular weight is 945 g/mol. The molecule has 0 fully saturated rings. The minimum Gasteiger partial charge on any atom is -1.00 e. The summed E-state index contributed by atoms with van der Waals surface area (Å²) in [6, 6.07) is 0. The third-order valence-electron chi connectivity index (χ3n) is 5.65. The van der Waals surface area contributed by atoms with Crippen LogP contribution in [0.25, 0.3) is 0 Å². The first kappa shape index (κ1) is 73.4. The fraction of sp³-hybridized carbons (Fsp3) is 0.630. The van der Waals surface area contributed by atoms with Crippen molar-refractivity contribution in [3.63, 3.8) is 0 Å². The molecule has 2 atom stereocenters. The summed E-state index contributed by atoms with van der Waals surface area (Å²) in [6.45, 7) is 3.01. The number of allylic oxidation sites excluding steroid dienone is 2. The van der Waals surface area contributed by atoms with Crippen LogP contribution in [0.15, 0.2) is 12.2 Å². The van der Waals surface area contributed by atoms with Crippen molar-refractivity contribution in [2.24, 2.45) is 5.92 Å². The minimum absolute atomic E-state index is 0. The van der Waals surface area contributed by atoms with Crippen molar-refractivity contribution >= 4 is 177 Å². The van der Waals surface area contributed by atoms with Gasteiger partial charge in [-0.3, -0.25) is 28.8 Å². The van der Waals surface area contributed by atoms with E-state index >= 15 is 0 Å². The summed E-state index contributed by atoms with van der Waals surface area (Å²) in [5.74, 6) is -14.2. The van der Waals surface area contributed by atoms with E-state index in [4.69, 9.17) is 74.2 Å². The van der Waals surface area contributed by atoms with E-state index in [1.807, 2.05) is 6.08 Å². The first-order valence-corrected chi connectivity index (χ1v) is 17.9. The van der Waals surface area contributed by atoms with Gasteiger partial charge >= 0.3 is 165 Å². The smallest absolute Gasteiger partial charge is 1.00 e. The summed E-state index contributed by atoms with van der Waals surface area (Å²) in [4.78, 5) is 126. The summed E-state index contributed by atoms with van der Waals surface area (Å²) in [5.41, 5.74) is -5.89. The zero-order valence-electron chi connectivity index (χ0n) is 36.7. The van der Waals surface area contributed by atoms with E-state index in [1.165, 1.54) is 51.4 Å². The molecule has 0 rings (SSSR count). The number of hydrogen-bond acceptors (Lipinski definition) is 12. The number of aliphatic carboxylic acids is 6. The molecule has 0 saturated heterocycles. The first-order valence-electron chi connectivity index (χ1n) is 14.8. The van der Waals surface area contributed by atoms with E-state index in [-0.39, 0.29) is 122 Å². The van der Waals surface area contributed by atoms with Gasteiger partial charge in [-0.05, 0) is 25.8 Å². The zero-order chi connectivity index (χ0) is 43.2. The fourth-order valence-corrected chi connectivity index (χ4v) is 3.51. The van der Waals surface area contributed by atoms with Gasteiger partial charge < -0.3 is 78.8 Å². The maximum absolute atomic E-state index is 10.9. The molecule has 0 aromatic carbocycles. The summed E-state index contributed by atoms with van der Waals surface area (Å²) in [6.07, 6.45) is 12.6. The number of carboxylic acids is 6. The summed E-state index contributed by atoms with van der Waals surface area (Å²) >= 11 is 0. The Kier molecular flexibility index (Phi) is 52.7. The SMILES string of the molecule is CC(=O)C(C(=O)O)C(O)(CC(=O)O)C(=O)O.CCCCCCCCCCC=CC=O.O=C(O)CC(O)(CC(=O)O)C(=O)O.O=P(O)(O)O.O=P(O)(O)O.[Ca+2].[Ca+2].[Ca+2].[H-].[H-].[H-].[H-].[H-].[H-]. The largest absolute Gasteiger partial charge is 2.00 e. The molecule has 0 amide bonds. The molecule has 0 aliphatic carbocycles. The second-order valence-electron chi connectivity index (χ2n) is 10.5. The Bertz CT molecular complexity index is 1260. The molecular formula is C27H54Ca3O24P2. The molecular weight excluding hydrogens is 890 g/mol. The minimum atomic E-state index is -4.64. The Morgan fingerprint density at radius 1 is 0.607 bits per heavy atom. The van der Waals surface area contributed by atoms with Gasteiger partial charge in [0.2, 0.25) is 0 Å². The van der Waals surface area contributed by atoms with Gasteiger partial charge in [0.15, 0.2) is 17.1 Å². The van der Waals surface area contributed by atoms with Gasteiger partial charge in [-0.25, -0.2) is 18.7 Å². The van der Waals surface area contributed by atoms with Crippen LogP contribution < -0.4 is 0 Å². The van der Waals surface area contributed by atoms with E-state index in [1.54, 1.807) is 6.08 Å². The number of rotatable bonds is 21. The Morgan fingerprint density at radius 3 is 1.16 bits per heavy atom. The third-order valence-corrected chi connectivity index (χ3v) is 5.65. The molecule has 0 spiro atoms. The van der Waals surface area contributed by atoms with Crippen LogP contribution in [0.1, 0.15) is 99.5 Å². The molecule has 0 aromatic heterocycles. The number of carbonyl (C=O) groups is 8. The number of phosphoric acid groups is 2. The number of Topliss-reactive ketones (excluding diaryl/α,β-unsaturated/α-hetero) is 1. The second kappa shape index (κ2) is 40.2. The molecule has 2 unspecified atom stereocenters. The number of aliphatic hydroxyl groups is 2. The van der Waals surface area contributed by atoms with Crippen LogP contribution in [0.4, 0.5) is 0 Å². The van der Waals surface area contributed by atoms with E-state index in [9.17, 15) is 43.5 Å². The number of hydrogen-bond donors (Lipinski definition) is 14. The van der Waals surface area contributed by atoms with E-state index in [0.29, 0.717) is 0 Å². The number of ketones is 1. The Labute approximate surface area is 418 Å². The molecule has 0 saturated carbocycles. The first-order chi connectivity index (χ1) is 23.8. The predicted octanol–water partition coefficient (Wildman–Crippen LogP) is -0.734. The molecule has 56 heavy (non-hydrogen) atoms. The van der Waals surface area contributed by atoms with Crippen LogP contribution in [-0.4, -0.2) is 243 Å². The van der Waals surface area contributed by atoms with Gasteiger partial charge in [-0.15, -0.1) is 0 Å². The van der Waals surface area contributed by atoms with Crippen molar-refractivity contribution in [3.05, 3.63) is 12.2 Å². The number of unbranched alkanes of at least 4 members (excludes halogenated alkanes) is 8. The maximum atomic E-state index is 10.9. The molecule has 0 heterocycles. The number of carboxylic acid groups (broad SMARTS) is 6. The summed E-state index contributed by atoms with van der Waals surface area (Å²) < 4.78 is 17.8. The quantitative estimate of drug-likeness (QED) is 0.0168. The van der Waals surface area contributed by atoms with Crippen LogP contribution in [0.3, 0.4) is 0 Å². The normalized spacial score (nSPS) is 11.9. The standard InChI is InChI=1S/C13H24O.C8H10O8.C6H8O7.3Ca.2H3O4P.6H/c1-2-3-4-5-6-7-8-9-10-11-12-13-14;1-3(9)5(6(12)13)8(16,7(14)15)2-4(10)11;7-3(8)1-6(13,5(11)12)2-4(9)10;;;;2*1-5(2,3)4;;;;;;/h11-13H,2-10H2,1H3;5,16H,2H2,1H3,(H,10,11)(H,12,13)(H,14,15);13H,1-2H2,(H,7,8)(H,9,10)(H,11,12);;;;2*(H3,1,2,3,4);;;;;;/q;;;3*+2;;;6*-1. The van der Waals surface area contributed by atoms with Gasteiger partial charge in [0.25, 0.3) is 0 Å². The molecule has 0 aliphatic heterocycles. The Morgan fingerprint density at radius 2 is 0.929 bits per heavy atom. The van der Waals surface area contributed by atoms with Crippen LogP contribution in [-0.2, 0) is 47.5 Å². The Hall–Kier alpha value is -0.181. The number of aldehydes is 1. The van der Waals surface area contributed by atoms with Gasteiger partial charge in [0.1, 0.15) is 12.1 Å². The monoisotopic (exact) mass is 944 g/mol. The van der Waals surface area contributed by atoms with E-state index < -0.39 is 93.6 Å². The fourth-order valence-electron chi connectivity index (χ4n) is 3.51. The molecule has 0 aromatic rings. The molecule has 0 radical (unpaired) electrons. The van der Waals surface area contributed by atoms with Gasteiger partial charge in [-0.1, -0.05) is 57.9 Å². The average Bonchev–Trinajstić information content (AvgIpc) is 2.91. The van der Waals surface area contributed by atoms with E-state index in [0.717, 1.165) is 19.6 Å². The van der Waals surface area contributed by atoms with E-state index in [2.05, 4.69) is 6.92 Å². The van der Waals surface area contributed by atoms with Crippen molar-refractivity contribution in [3.8, 4) is 0 Å². The maximum Gasteiger partial charge on any atom is 2.00 e. The van der Waals surface area contributed by atoms with Crippen molar-refractivity contribution < 1.29 is 126 Å². The molecule has 322 valence electrons. The van der Waals surface area contributed by atoms with Crippen LogP contribution in [0, 0.1) is 5.92 Å².